The van der Waals surface area contributed by atoms with Crippen LogP contribution in [0.2, 0.25) is 0 Å². The molecule has 1 aliphatic heterocycles. The van der Waals surface area contributed by atoms with E-state index in [1.54, 1.807) is 6.07 Å². The largest absolute Gasteiger partial charge is 0.508 e. The second kappa shape index (κ2) is 3.50. The van der Waals surface area contributed by atoms with Gasteiger partial charge in [0, 0.05) is 37.3 Å². The maximum absolute atomic E-state index is 9.79. The van der Waals surface area contributed by atoms with Crippen LogP contribution in [0.15, 0.2) is 18.2 Å². The van der Waals surface area contributed by atoms with Gasteiger partial charge in [-0.05, 0) is 19.2 Å². The summed E-state index contributed by atoms with van der Waals surface area (Å²) in [5.74, 6) is 0.827. The van der Waals surface area contributed by atoms with E-state index < -0.39 is 0 Å². The van der Waals surface area contributed by atoms with Crippen molar-refractivity contribution in [3.05, 3.63) is 23.8 Å². The molecular formula is C11H16N2O. The number of benzene rings is 1. The number of phenols is 1. The molecule has 1 aromatic rings. The predicted octanol–water partition coefficient (Wildman–Crippen LogP) is 1.14. The standard InChI is InChI=1S/C11H16N2O/c1-12-6-8-7-13(2)9-4-3-5-10(14)11(8)9/h3-5,8,12,14H,6-7H2,1-2H3. The second-order valence-corrected chi connectivity index (χ2v) is 3.85. The molecule has 0 saturated carbocycles. The number of hydrogen-bond acceptors (Lipinski definition) is 3. The van der Waals surface area contributed by atoms with Crippen LogP contribution in [0, 0.1) is 0 Å². The van der Waals surface area contributed by atoms with Gasteiger partial charge in [0.15, 0.2) is 0 Å². The summed E-state index contributed by atoms with van der Waals surface area (Å²) in [6.45, 7) is 1.89. The Morgan fingerprint density at radius 1 is 1.57 bits per heavy atom. The Hall–Kier alpha value is -1.22. The van der Waals surface area contributed by atoms with Crippen molar-refractivity contribution in [2.75, 3.05) is 32.1 Å². The Morgan fingerprint density at radius 2 is 2.36 bits per heavy atom. The number of anilines is 1. The third-order valence-electron chi connectivity index (χ3n) is 2.82. The lowest BCUT2D eigenvalue weighted by molar-refractivity contribution is 0.463. The number of nitrogens with zero attached hydrogens (tertiary/aromatic N) is 1. The first-order valence-electron chi connectivity index (χ1n) is 4.91. The third-order valence-corrected chi connectivity index (χ3v) is 2.82. The highest BCUT2D eigenvalue weighted by molar-refractivity contribution is 5.64. The smallest absolute Gasteiger partial charge is 0.121 e. The summed E-state index contributed by atoms with van der Waals surface area (Å²) in [5, 5.41) is 13.0. The average Bonchev–Trinajstić information content (AvgIpc) is 2.46. The monoisotopic (exact) mass is 192 g/mol. The van der Waals surface area contributed by atoms with Crippen molar-refractivity contribution in [1.29, 1.82) is 0 Å². The van der Waals surface area contributed by atoms with Crippen molar-refractivity contribution in [3.8, 4) is 5.75 Å². The molecule has 0 spiro atoms. The minimum Gasteiger partial charge on any atom is -0.508 e. The Bertz CT molecular complexity index is 338. The van der Waals surface area contributed by atoms with E-state index in [2.05, 4.69) is 23.3 Å². The summed E-state index contributed by atoms with van der Waals surface area (Å²) in [6, 6.07) is 5.72. The van der Waals surface area contributed by atoms with Gasteiger partial charge in [0.2, 0.25) is 0 Å². The number of rotatable bonds is 2. The van der Waals surface area contributed by atoms with Gasteiger partial charge < -0.3 is 15.3 Å². The van der Waals surface area contributed by atoms with E-state index in [-0.39, 0.29) is 0 Å². The second-order valence-electron chi connectivity index (χ2n) is 3.85. The number of hydrogen-bond donors (Lipinski definition) is 2. The Kier molecular flexibility index (Phi) is 2.33. The fourth-order valence-corrected chi connectivity index (χ4v) is 2.23. The molecule has 0 radical (unpaired) electrons. The predicted molar refractivity (Wildman–Crippen MR) is 58.0 cm³/mol. The normalized spacial score (nSPS) is 19.9. The van der Waals surface area contributed by atoms with Crippen molar-refractivity contribution in [2.24, 2.45) is 0 Å². The molecule has 0 bridgehead atoms. The molecule has 2 N–H and O–H groups in total. The summed E-state index contributed by atoms with van der Waals surface area (Å²) in [5.41, 5.74) is 2.25. The summed E-state index contributed by atoms with van der Waals surface area (Å²) in [4.78, 5) is 2.19. The van der Waals surface area contributed by atoms with Gasteiger partial charge >= 0.3 is 0 Å². The zero-order valence-electron chi connectivity index (χ0n) is 8.62. The van der Waals surface area contributed by atoms with Gasteiger partial charge in [0.05, 0.1) is 0 Å². The van der Waals surface area contributed by atoms with E-state index in [1.165, 1.54) is 0 Å². The number of likely N-dealkylation sites (N-methyl/N-ethyl adjacent to an activating group) is 2. The van der Waals surface area contributed by atoms with E-state index >= 15 is 0 Å². The summed E-state index contributed by atoms with van der Waals surface area (Å²) >= 11 is 0. The highest BCUT2D eigenvalue weighted by atomic mass is 16.3. The molecule has 0 amide bonds. The van der Waals surface area contributed by atoms with Crippen LogP contribution in [-0.2, 0) is 0 Å². The third kappa shape index (κ3) is 1.34. The van der Waals surface area contributed by atoms with Crippen molar-refractivity contribution >= 4 is 5.69 Å². The van der Waals surface area contributed by atoms with Gasteiger partial charge in [-0.3, -0.25) is 0 Å². The van der Waals surface area contributed by atoms with Crippen molar-refractivity contribution in [2.45, 2.75) is 5.92 Å². The lowest BCUT2D eigenvalue weighted by atomic mass is 10.0. The highest BCUT2D eigenvalue weighted by Gasteiger charge is 2.28. The van der Waals surface area contributed by atoms with E-state index in [9.17, 15) is 5.11 Å². The van der Waals surface area contributed by atoms with Crippen molar-refractivity contribution in [1.82, 2.24) is 5.32 Å². The first-order valence-corrected chi connectivity index (χ1v) is 4.91. The fraction of sp³-hybridized carbons (Fsp3) is 0.455. The van der Waals surface area contributed by atoms with E-state index in [1.807, 2.05) is 13.1 Å². The zero-order valence-corrected chi connectivity index (χ0v) is 8.62. The molecule has 0 aliphatic carbocycles. The van der Waals surface area contributed by atoms with E-state index in [0.717, 1.165) is 24.3 Å². The summed E-state index contributed by atoms with van der Waals surface area (Å²) in [7, 11) is 4.01. The van der Waals surface area contributed by atoms with E-state index in [0.29, 0.717) is 11.7 Å². The van der Waals surface area contributed by atoms with Gasteiger partial charge in [-0.25, -0.2) is 0 Å². The molecule has 1 unspecified atom stereocenters. The van der Waals surface area contributed by atoms with Gasteiger partial charge in [0.25, 0.3) is 0 Å². The number of fused-ring (bicyclic) bond motifs is 1. The number of nitrogens with one attached hydrogen (secondary N) is 1. The maximum Gasteiger partial charge on any atom is 0.121 e. The molecule has 1 heterocycles. The van der Waals surface area contributed by atoms with Crippen molar-refractivity contribution in [3.63, 3.8) is 0 Å². The quantitative estimate of drug-likeness (QED) is 0.737. The molecule has 2 rings (SSSR count). The number of phenolic OH excluding ortho intramolecular Hbond substituents is 1. The summed E-state index contributed by atoms with van der Waals surface area (Å²) < 4.78 is 0. The highest BCUT2D eigenvalue weighted by Crippen LogP contribution is 2.40. The first-order chi connectivity index (χ1) is 6.74. The molecule has 14 heavy (non-hydrogen) atoms. The van der Waals surface area contributed by atoms with Crippen LogP contribution in [-0.4, -0.2) is 32.3 Å². The van der Waals surface area contributed by atoms with Crippen LogP contribution in [0.4, 0.5) is 5.69 Å². The van der Waals surface area contributed by atoms with Crippen LogP contribution in [0.25, 0.3) is 0 Å². The zero-order chi connectivity index (χ0) is 10.1. The first kappa shape index (κ1) is 9.34. The fourth-order valence-electron chi connectivity index (χ4n) is 2.23. The summed E-state index contributed by atoms with van der Waals surface area (Å²) in [6.07, 6.45) is 0. The van der Waals surface area contributed by atoms with Crippen LogP contribution in [0.1, 0.15) is 11.5 Å². The molecule has 1 atom stereocenters. The Labute approximate surface area is 84.4 Å². The van der Waals surface area contributed by atoms with Gasteiger partial charge in [0.1, 0.15) is 5.75 Å². The Balaban J connectivity index is 2.40. The molecule has 0 aromatic heterocycles. The van der Waals surface area contributed by atoms with Crippen LogP contribution in [0.5, 0.6) is 5.75 Å². The average molecular weight is 192 g/mol. The molecule has 0 fully saturated rings. The number of aromatic hydroxyl groups is 1. The van der Waals surface area contributed by atoms with Gasteiger partial charge in [-0.15, -0.1) is 0 Å². The van der Waals surface area contributed by atoms with Crippen LogP contribution >= 0.6 is 0 Å². The molecule has 76 valence electrons. The lowest BCUT2D eigenvalue weighted by Gasteiger charge is -2.11. The molecule has 1 aliphatic rings. The van der Waals surface area contributed by atoms with Crippen molar-refractivity contribution < 1.29 is 5.11 Å². The topological polar surface area (TPSA) is 35.5 Å². The molecule has 1 aromatic carbocycles. The SMILES string of the molecule is CNCC1CN(C)c2cccc(O)c21. The lowest BCUT2D eigenvalue weighted by Crippen LogP contribution is -2.22. The van der Waals surface area contributed by atoms with Crippen LogP contribution < -0.4 is 10.2 Å². The Morgan fingerprint density at radius 3 is 3.07 bits per heavy atom. The minimum atomic E-state index is 0.404. The molecule has 3 nitrogen and oxygen atoms in total. The van der Waals surface area contributed by atoms with Gasteiger partial charge in [-0.1, -0.05) is 6.07 Å². The van der Waals surface area contributed by atoms with E-state index in [4.69, 9.17) is 0 Å². The van der Waals surface area contributed by atoms with Crippen LogP contribution in [0.3, 0.4) is 0 Å². The minimum absolute atomic E-state index is 0.404. The maximum atomic E-state index is 9.79. The van der Waals surface area contributed by atoms with Gasteiger partial charge in [-0.2, -0.15) is 0 Å². The molecule has 3 heteroatoms. The molecule has 0 saturated heterocycles. The molecular weight excluding hydrogens is 176 g/mol.